The number of methoxy groups -OCH3 is 1. The number of alkyl halides is 3. The highest BCUT2D eigenvalue weighted by molar-refractivity contribution is 7.81. The number of anilines is 2. The second-order valence-electron chi connectivity index (χ2n) is 6.90. The SMILES string of the molecule is COc1ccc(N2C(=S)N(c3cnc(C#N)c(C(F)(F)F)c3)C(=O)C23CCC3)cn1. The number of carbonyl (C=O) groups is 1. The van der Waals surface area contributed by atoms with Crippen molar-refractivity contribution in [1.29, 1.82) is 5.26 Å². The monoisotopic (exact) mass is 433 g/mol. The van der Waals surface area contributed by atoms with E-state index in [4.69, 9.17) is 22.2 Å². The molecule has 0 N–H and O–H groups in total. The molecule has 1 aliphatic carbocycles. The van der Waals surface area contributed by atoms with Gasteiger partial charge in [-0.25, -0.2) is 9.97 Å². The number of pyridine rings is 2. The predicted molar refractivity (Wildman–Crippen MR) is 104 cm³/mol. The summed E-state index contributed by atoms with van der Waals surface area (Å²) in [6.07, 6.45) is -0.455. The lowest BCUT2D eigenvalue weighted by Gasteiger charge is -2.42. The van der Waals surface area contributed by atoms with Gasteiger partial charge in [-0.1, -0.05) is 0 Å². The molecule has 1 aliphatic heterocycles. The van der Waals surface area contributed by atoms with Crippen molar-refractivity contribution in [3.8, 4) is 11.9 Å². The lowest BCUT2D eigenvalue weighted by atomic mass is 9.75. The Bertz CT molecular complexity index is 1080. The van der Waals surface area contributed by atoms with E-state index in [1.54, 1.807) is 17.0 Å². The van der Waals surface area contributed by atoms with Gasteiger partial charge in [0.2, 0.25) is 5.88 Å². The van der Waals surface area contributed by atoms with Gasteiger partial charge < -0.3 is 9.64 Å². The number of hydrogen-bond acceptors (Lipinski definition) is 6. The Kier molecular flexibility index (Phi) is 4.62. The van der Waals surface area contributed by atoms with Crippen LogP contribution in [-0.4, -0.2) is 33.6 Å². The molecule has 3 heterocycles. The second kappa shape index (κ2) is 6.91. The van der Waals surface area contributed by atoms with E-state index in [1.807, 2.05) is 0 Å². The van der Waals surface area contributed by atoms with Crippen LogP contribution in [0.5, 0.6) is 5.88 Å². The summed E-state index contributed by atoms with van der Waals surface area (Å²) < 4.78 is 45.2. The Labute approximate surface area is 174 Å². The zero-order valence-corrected chi connectivity index (χ0v) is 16.4. The molecule has 1 spiro atoms. The smallest absolute Gasteiger partial charge is 0.419 e. The molecule has 2 fully saturated rings. The topological polar surface area (TPSA) is 82.4 Å². The molecule has 1 amide bonds. The molecule has 4 rings (SSSR count). The van der Waals surface area contributed by atoms with Gasteiger partial charge in [0.05, 0.1) is 36.4 Å². The van der Waals surface area contributed by atoms with Gasteiger partial charge >= 0.3 is 6.18 Å². The van der Waals surface area contributed by atoms with Gasteiger partial charge in [0.25, 0.3) is 5.91 Å². The first kappa shape index (κ1) is 20.0. The van der Waals surface area contributed by atoms with Crippen molar-refractivity contribution < 1.29 is 22.7 Å². The van der Waals surface area contributed by atoms with Crippen LogP contribution in [0.25, 0.3) is 0 Å². The number of amides is 1. The van der Waals surface area contributed by atoms with Crippen molar-refractivity contribution in [2.45, 2.75) is 31.0 Å². The predicted octanol–water partition coefficient (Wildman–Crippen LogP) is 3.44. The number of nitriles is 1. The fraction of sp³-hybridized carbons (Fsp3) is 0.316. The number of carbonyl (C=O) groups excluding carboxylic acids is 1. The minimum absolute atomic E-state index is 0.0336. The minimum atomic E-state index is -4.80. The molecule has 0 atom stereocenters. The largest absolute Gasteiger partial charge is 0.481 e. The number of rotatable bonds is 3. The Balaban J connectivity index is 1.80. The summed E-state index contributed by atoms with van der Waals surface area (Å²) >= 11 is 5.51. The van der Waals surface area contributed by atoms with Gasteiger partial charge in [-0.2, -0.15) is 18.4 Å². The first-order valence-electron chi connectivity index (χ1n) is 8.89. The van der Waals surface area contributed by atoms with E-state index >= 15 is 0 Å². The molecule has 2 aromatic rings. The van der Waals surface area contributed by atoms with E-state index in [0.29, 0.717) is 24.4 Å². The van der Waals surface area contributed by atoms with E-state index in [0.717, 1.165) is 23.6 Å². The third-order valence-corrected chi connectivity index (χ3v) is 5.69. The molecule has 1 saturated carbocycles. The van der Waals surface area contributed by atoms with Gasteiger partial charge in [0, 0.05) is 6.07 Å². The zero-order valence-electron chi connectivity index (χ0n) is 15.6. The van der Waals surface area contributed by atoms with Crippen molar-refractivity contribution in [2.24, 2.45) is 0 Å². The number of hydrogen-bond donors (Lipinski definition) is 0. The first-order valence-corrected chi connectivity index (χ1v) is 9.30. The number of aromatic nitrogens is 2. The molecule has 11 heteroatoms. The van der Waals surface area contributed by atoms with E-state index in [-0.39, 0.29) is 10.8 Å². The molecule has 2 aromatic heterocycles. The van der Waals surface area contributed by atoms with Crippen LogP contribution >= 0.6 is 12.2 Å². The molecule has 0 unspecified atom stereocenters. The van der Waals surface area contributed by atoms with Crippen molar-refractivity contribution in [2.75, 3.05) is 16.9 Å². The molecule has 154 valence electrons. The summed E-state index contributed by atoms with van der Waals surface area (Å²) in [6.45, 7) is 0. The Morgan fingerprint density at radius 3 is 2.43 bits per heavy atom. The second-order valence-corrected chi connectivity index (χ2v) is 7.27. The van der Waals surface area contributed by atoms with Crippen LogP contribution in [0.1, 0.15) is 30.5 Å². The van der Waals surface area contributed by atoms with Gasteiger partial charge in [0.15, 0.2) is 10.8 Å². The third-order valence-electron chi connectivity index (χ3n) is 5.32. The van der Waals surface area contributed by atoms with Crippen LogP contribution in [0.2, 0.25) is 0 Å². The normalized spacial score (nSPS) is 17.8. The van der Waals surface area contributed by atoms with E-state index < -0.39 is 28.9 Å². The summed E-state index contributed by atoms with van der Waals surface area (Å²) in [4.78, 5) is 23.8. The van der Waals surface area contributed by atoms with Gasteiger partial charge in [-0.15, -0.1) is 0 Å². The average molecular weight is 433 g/mol. The van der Waals surface area contributed by atoms with Crippen molar-refractivity contribution in [1.82, 2.24) is 9.97 Å². The Morgan fingerprint density at radius 2 is 1.93 bits per heavy atom. The number of ether oxygens (including phenoxy) is 1. The van der Waals surface area contributed by atoms with Crippen LogP contribution in [-0.2, 0) is 11.0 Å². The van der Waals surface area contributed by atoms with Gasteiger partial charge in [-0.3, -0.25) is 9.69 Å². The summed E-state index contributed by atoms with van der Waals surface area (Å²) in [5.74, 6) is -0.0463. The Morgan fingerprint density at radius 1 is 1.23 bits per heavy atom. The van der Waals surface area contributed by atoms with Crippen LogP contribution in [0, 0.1) is 11.3 Å². The number of halogens is 3. The summed E-state index contributed by atoms with van der Waals surface area (Å²) in [5, 5.41) is 9.00. The van der Waals surface area contributed by atoms with Gasteiger partial charge in [0.1, 0.15) is 11.6 Å². The molecule has 30 heavy (non-hydrogen) atoms. The molecule has 7 nitrogen and oxygen atoms in total. The summed E-state index contributed by atoms with van der Waals surface area (Å²) in [7, 11) is 1.47. The van der Waals surface area contributed by atoms with Crippen molar-refractivity contribution >= 4 is 34.6 Å². The highest BCUT2D eigenvalue weighted by Gasteiger charge is 2.59. The van der Waals surface area contributed by atoms with E-state index in [9.17, 15) is 18.0 Å². The minimum Gasteiger partial charge on any atom is -0.481 e. The number of nitrogens with zero attached hydrogens (tertiary/aromatic N) is 5. The molecule has 0 bridgehead atoms. The molecule has 0 aromatic carbocycles. The first-order chi connectivity index (χ1) is 14.2. The van der Waals surface area contributed by atoms with E-state index in [1.165, 1.54) is 19.4 Å². The maximum Gasteiger partial charge on any atom is 0.419 e. The molecule has 2 aliphatic rings. The number of thiocarbonyl (C=S) groups is 1. The molecular formula is C19H14F3N5O2S. The zero-order chi connectivity index (χ0) is 21.7. The molecule has 1 saturated heterocycles. The fourth-order valence-electron chi connectivity index (χ4n) is 3.71. The lowest BCUT2D eigenvalue weighted by molar-refractivity contribution is -0.138. The highest BCUT2D eigenvalue weighted by Crippen LogP contribution is 2.48. The molecular weight excluding hydrogens is 419 g/mol. The van der Waals surface area contributed by atoms with Crippen molar-refractivity contribution in [3.63, 3.8) is 0 Å². The lowest BCUT2D eigenvalue weighted by Crippen LogP contribution is -2.55. The maximum absolute atomic E-state index is 13.4. The average Bonchev–Trinajstić information content (AvgIpc) is 2.93. The third kappa shape index (κ3) is 2.87. The molecule has 0 radical (unpaired) electrons. The summed E-state index contributed by atoms with van der Waals surface area (Å²) in [6, 6.07) is 5.46. The van der Waals surface area contributed by atoms with Crippen LogP contribution in [0.3, 0.4) is 0 Å². The van der Waals surface area contributed by atoms with Crippen LogP contribution < -0.4 is 14.5 Å². The standard InChI is InChI=1S/C19H14F3N5O2S/c1-29-15-4-3-11(9-25-15)27-17(30)26(16(28)18(27)5-2-6-18)12-7-13(19(20,21)22)14(8-23)24-10-12/h3-4,7,9-10H,2,5-6H2,1H3. The maximum atomic E-state index is 13.4. The quantitative estimate of drug-likeness (QED) is 0.686. The Hall–Kier alpha value is -3.26. The highest BCUT2D eigenvalue weighted by atomic mass is 32.1. The van der Waals surface area contributed by atoms with Crippen LogP contribution in [0.4, 0.5) is 24.5 Å². The van der Waals surface area contributed by atoms with Gasteiger partial charge in [-0.05, 0) is 43.6 Å². The van der Waals surface area contributed by atoms with Crippen LogP contribution in [0.15, 0.2) is 30.6 Å². The fourth-order valence-corrected chi connectivity index (χ4v) is 4.18. The van der Waals surface area contributed by atoms with E-state index in [2.05, 4.69) is 9.97 Å². The van der Waals surface area contributed by atoms with Crippen molar-refractivity contribution in [3.05, 3.63) is 41.9 Å². The summed E-state index contributed by atoms with van der Waals surface area (Å²) in [5.41, 5.74) is -2.55.